The van der Waals surface area contributed by atoms with Crippen molar-refractivity contribution in [3.63, 3.8) is 0 Å². The van der Waals surface area contributed by atoms with E-state index in [9.17, 15) is 21.6 Å². The molecular weight excluding hydrogens is 773 g/mol. The van der Waals surface area contributed by atoms with Gasteiger partial charge in [0.15, 0.2) is 11.5 Å². The fourth-order valence-electron chi connectivity index (χ4n) is 5.07. The van der Waals surface area contributed by atoms with Gasteiger partial charge in [-0.1, -0.05) is 89.0 Å². The van der Waals surface area contributed by atoms with E-state index in [1.54, 1.807) is 24.3 Å². The lowest BCUT2D eigenvalue weighted by atomic mass is 9.87. The van der Waals surface area contributed by atoms with Gasteiger partial charge in [0.25, 0.3) is 26.0 Å². The summed E-state index contributed by atoms with van der Waals surface area (Å²) in [7, 11) is -7.77. The molecular formula is C36H43Cl2N9O5S2. The highest BCUT2D eigenvalue weighted by atomic mass is 35.5. The number of carbonyl (C=O) groups excluding carboxylic acids is 1. The molecule has 0 saturated carbocycles. The quantitative estimate of drug-likeness (QED) is 0.0692. The summed E-state index contributed by atoms with van der Waals surface area (Å²) in [5.41, 5.74) is 4.17. The van der Waals surface area contributed by atoms with E-state index in [1.165, 1.54) is 36.7 Å². The first-order valence-corrected chi connectivity index (χ1v) is 20.3. The van der Waals surface area contributed by atoms with Crippen LogP contribution in [0, 0.1) is 6.92 Å². The number of nitrogens with two attached hydrogens (primary N) is 1. The van der Waals surface area contributed by atoms with Gasteiger partial charge < -0.3 is 4.57 Å². The third-order valence-corrected chi connectivity index (χ3v) is 11.2. The summed E-state index contributed by atoms with van der Waals surface area (Å²) >= 11 is 11.9. The lowest BCUT2D eigenvalue weighted by Gasteiger charge is -2.19. The molecule has 0 bridgehead atoms. The molecule has 2 aromatic carbocycles. The molecule has 14 nitrogen and oxygen atoms in total. The molecule has 0 saturated heterocycles. The molecule has 18 heteroatoms. The normalized spacial score (nSPS) is 12.1. The van der Waals surface area contributed by atoms with Gasteiger partial charge in [-0.15, -0.1) is 10.2 Å². The number of carbonyl (C=O) groups is 1. The molecule has 0 aliphatic heterocycles. The molecule has 1 amide bonds. The minimum absolute atomic E-state index is 0.0552. The first kappa shape index (κ1) is 42.1. The molecule has 54 heavy (non-hydrogen) atoms. The van der Waals surface area contributed by atoms with Gasteiger partial charge in [0, 0.05) is 18.9 Å². The zero-order valence-corrected chi connectivity index (χ0v) is 34.2. The molecule has 0 unspecified atom stereocenters. The van der Waals surface area contributed by atoms with Gasteiger partial charge >= 0.3 is 0 Å². The number of aromatic nitrogens is 5. The van der Waals surface area contributed by atoms with Gasteiger partial charge in [0.05, 0.1) is 31.2 Å². The van der Waals surface area contributed by atoms with Crippen LogP contribution in [0.4, 0.5) is 11.4 Å². The van der Waals surface area contributed by atoms with E-state index < -0.39 is 26.0 Å². The highest BCUT2D eigenvalue weighted by molar-refractivity contribution is 7.93. The van der Waals surface area contributed by atoms with E-state index in [2.05, 4.69) is 50.4 Å². The largest absolute Gasteiger partial charge is 0.310 e. The highest BCUT2D eigenvalue weighted by Crippen LogP contribution is 2.31. The maximum atomic E-state index is 13.0. The van der Waals surface area contributed by atoms with Crippen LogP contribution >= 0.6 is 23.2 Å². The number of amides is 1. The summed E-state index contributed by atoms with van der Waals surface area (Å²) in [4.78, 5) is 20.1. The molecule has 5 aromatic rings. The number of aryl methyl sites for hydroxylation is 1. The Balaban J connectivity index is 0.000000244. The van der Waals surface area contributed by atoms with Crippen molar-refractivity contribution in [2.24, 2.45) is 5.84 Å². The van der Waals surface area contributed by atoms with Crippen molar-refractivity contribution in [3.05, 3.63) is 106 Å². The van der Waals surface area contributed by atoms with Crippen molar-refractivity contribution >= 4 is 60.5 Å². The van der Waals surface area contributed by atoms with E-state index in [-0.39, 0.29) is 42.7 Å². The Morgan fingerprint density at radius 2 is 1.19 bits per heavy atom. The molecule has 0 atom stereocenters. The first-order chi connectivity index (χ1) is 25.1. The monoisotopic (exact) mass is 815 g/mol. The average molecular weight is 817 g/mol. The topological polar surface area (TPSA) is 204 Å². The third kappa shape index (κ3) is 10.1. The first-order valence-electron chi connectivity index (χ1n) is 16.6. The number of hydrogen-bond donors (Lipinski definition) is 4. The predicted octanol–water partition coefficient (Wildman–Crippen LogP) is 6.86. The van der Waals surface area contributed by atoms with Crippen LogP contribution in [0.5, 0.6) is 0 Å². The molecule has 0 fully saturated rings. The van der Waals surface area contributed by atoms with Gasteiger partial charge in [0.1, 0.15) is 11.5 Å². The molecule has 3 heterocycles. The zero-order valence-electron chi connectivity index (χ0n) is 31.1. The Kier molecular flexibility index (Phi) is 12.8. The number of nitrogens with zero attached hydrogens (tertiary/aromatic N) is 5. The molecule has 0 aliphatic carbocycles. The van der Waals surface area contributed by atoms with Crippen LogP contribution < -0.4 is 20.7 Å². The Hall–Kier alpha value is -4.61. The van der Waals surface area contributed by atoms with Crippen LogP contribution in [-0.4, -0.2) is 47.5 Å². The number of sulfonamides is 2. The van der Waals surface area contributed by atoms with Gasteiger partial charge in [0.2, 0.25) is 0 Å². The Morgan fingerprint density at radius 1 is 0.741 bits per heavy atom. The number of halogens is 2. The van der Waals surface area contributed by atoms with E-state index in [4.69, 9.17) is 29.0 Å². The molecule has 0 spiro atoms. The Labute approximate surface area is 326 Å². The molecule has 5 rings (SSSR count). The van der Waals surface area contributed by atoms with Crippen molar-refractivity contribution in [2.75, 3.05) is 9.44 Å². The maximum absolute atomic E-state index is 13.0. The predicted molar refractivity (Wildman–Crippen MR) is 211 cm³/mol. The van der Waals surface area contributed by atoms with E-state index in [1.807, 2.05) is 56.7 Å². The number of nitrogen functional groups attached to an aromatic ring is 1. The molecule has 288 valence electrons. The molecule has 0 aliphatic rings. The molecule has 3 aromatic heterocycles. The maximum Gasteiger partial charge on any atom is 0.285 e. The smallest absolute Gasteiger partial charge is 0.285 e. The second kappa shape index (κ2) is 16.4. The van der Waals surface area contributed by atoms with Gasteiger partial charge in [-0.05, 0) is 72.2 Å². The summed E-state index contributed by atoms with van der Waals surface area (Å²) < 4.78 is 58.0. The molecule has 5 N–H and O–H groups in total. The summed E-state index contributed by atoms with van der Waals surface area (Å²) in [6.07, 6.45) is 2.68. The lowest BCUT2D eigenvalue weighted by molar-refractivity contribution is 0.0949. The second-order valence-corrected chi connectivity index (χ2v) is 18.4. The number of nitrogens with one attached hydrogen (secondary N) is 3. The fourth-order valence-corrected chi connectivity index (χ4v) is 7.50. The number of benzene rings is 2. The van der Waals surface area contributed by atoms with Crippen LogP contribution in [0.15, 0.2) is 82.8 Å². The summed E-state index contributed by atoms with van der Waals surface area (Å²) in [5.74, 6) is 5.54. The van der Waals surface area contributed by atoms with Crippen molar-refractivity contribution in [2.45, 2.75) is 82.6 Å². The van der Waals surface area contributed by atoms with Crippen molar-refractivity contribution in [3.8, 4) is 11.5 Å². The standard InChI is InChI=1S/C20H24ClN5O2S.C16H19ClN4O3S/c1-6-26-13(2)23-24-19(26)18-17(11-15(21)12-22-18)25-29(27,28)16-9-7-14(8-10-16)20(3,4)5;1-16(2,3)10-4-6-12(7-5-10)25(23,24)21-13-8-11(17)9-19-14(13)15(22)20-18/h7-12,25H,6H2,1-5H3;4-9,21H,18H2,1-3H3,(H,20,22). The van der Waals surface area contributed by atoms with Crippen LogP contribution in [0.2, 0.25) is 10.0 Å². The van der Waals surface area contributed by atoms with Crippen LogP contribution in [0.1, 0.15) is 75.9 Å². The van der Waals surface area contributed by atoms with Crippen molar-refractivity contribution < 1.29 is 21.6 Å². The van der Waals surface area contributed by atoms with Crippen LogP contribution in [0.25, 0.3) is 11.5 Å². The van der Waals surface area contributed by atoms with E-state index in [0.717, 1.165) is 11.1 Å². The highest BCUT2D eigenvalue weighted by Gasteiger charge is 2.24. The average Bonchev–Trinajstić information content (AvgIpc) is 3.47. The number of pyridine rings is 2. The fraction of sp³-hybridized carbons (Fsp3) is 0.306. The van der Waals surface area contributed by atoms with Gasteiger partial charge in [-0.2, -0.15) is 0 Å². The Bertz CT molecular complexity index is 2360. The van der Waals surface area contributed by atoms with E-state index in [0.29, 0.717) is 28.9 Å². The lowest BCUT2D eigenvalue weighted by Crippen LogP contribution is -2.31. The van der Waals surface area contributed by atoms with Crippen molar-refractivity contribution in [1.29, 1.82) is 0 Å². The summed E-state index contributed by atoms with van der Waals surface area (Å²) in [5, 5.41) is 8.73. The molecule has 0 radical (unpaired) electrons. The number of anilines is 2. The second-order valence-electron chi connectivity index (χ2n) is 14.1. The van der Waals surface area contributed by atoms with Crippen molar-refractivity contribution in [1.82, 2.24) is 30.2 Å². The minimum Gasteiger partial charge on any atom is -0.310 e. The number of hydrogen-bond acceptors (Lipinski definition) is 10. The minimum atomic E-state index is -3.93. The summed E-state index contributed by atoms with van der Waals surface area (Å²) in [6, 6.07) is 16.2. The SMILES string of the molecule is CC(C)(C)c1ccc(S(=O)(=O)Nc2cc(Cl)cnc2C(=O)NN)cc1.CCn1c(C)nnc1-c1ncc(Cl)cc1NS(=O)(=O)c1ccc(C(C)(C)C)cc1. The number of hydrazine groups is 1. The summed E-state index contributed by atoms with van der Waals surface area (Å²) in [6.45, 7) is 16.7. The van der Waals surface area contributed by atoms with Gasteiger partial charge in [-0.25, -0.2) is 32.6 Å². The zero-order chi connectivity index (χ0) is 40.2. The number of rotatable bonds is 9. The third-order valence-electron chi connectivity index (χ3n) is 8.07. The van der Waals surface area contributed by atoms with Crippen LogP contribution in [-0.2, 0) is 37.4 Å². The Morgan fingerprint density at radius 3 is 1.63 bits per heavy atom. The van der Waals surface area contributed by atoms with Crippen LogP contribution in [0.3, 0.4) is 0 Å². The van der Waals surface area contributed by atoms with E-state index >= 15 is 0 Å². The van der Waals surface area contributed by atoms with Gasteiger partial charge in [-0.3, -0.25) is 19.7 Å².